The van der Waals surface area contributed by atoms with Gasteiger partial charge in [0.25, 0.3) is 0 Å². The van der Waals surface area contributed by atoms with Crippen LogP contribution in [0.1, 0.15) is 11.1 Å². The molecule has 1 aliphatic heterocycles. The van der Waals surface area contributed by atoms with Crippen molar-refractivity contribution < 1.29 is 5.11 Å². The lowest BCUT2D eigenvalue weighted by atomic mass is 10.1. The minimum Gasteiger partial charge on any atom is -0.506 e. The number of nitrogens with zero attached hydrogens (tertiary/aromatic N) is 1. The number of phenolic OH excluding ortho intramolecular Hbond substituents is 1. The fourth-order valence-electron chi connectivity index (χ4n) is 1.58. The monoisotopic (exact) mass is 183 g/mol. The third-order valence-electron chi connectivity index (χ3n) is 2.15. The topological polar surface area (TPSA) is 23.5 Å². The van der Waals surface area contributed by atoms with Crippen molar-refractivity contribution in [1.29, 1.82) is 0 Å². The second-order valence-corrected chi connectivity index (χ2v) is 3.65. The molecule has 1 aromatic rings. The molecule has 1 N–H and O–H groups in total. The maximum atomic E-state index is 9.32. The number of halogens is 1. The fourth-order valence-corrected chi connectivity index (χ4v) is 1.76. The van der Waals surface area contributed by atoms with Gasteiger partial charge in [-0.25, -0.2) is 0 Å². The SMILES string of the molecule is CN1Cc2cc(O)c(Cl)cc2C1. The number of rotatable bonds is 0. The molecule has 0 atom stereocenters. The molecule has 2 rings (SSSR count). The molecule has 12 heavy (non-hydrogen) atoms. The standard InChI is InChI=1S/C9H10ClNO/c1-11-4-6-2-8(10)9(12)3-7(6)5-11/h2-3,12H,4-5H2,1H3. The highest BCUT2D eigenvalue weighted by Gasteiger charge is 2.17. The van der Waals surface area contributed by atoms with Gasteiger partial charge in [0.05, 0.1) is 5.02 Å². The number of benzene rings is 1. The summed E-state index contributed by atoms with van der Waals surface area (Å²) in [5, 5.41) is 9.77. The highest BCUT2D eigenvalue weighted by molar-refractivity contribution is 6.32. The quantitative estimate of drug-likeness (QED) is 0.665. The first-order chi connectivity index (χ1) is 5.66. The van der Waals surface area contributed by atoms with Gasteiger partial charge in [-0.3, -0.25) is 4.90 Å². The lowest BCUT2D eigenvalue weighted by Crippen LogP contribution is -2.07. The van der Waals surface area contributed by atoms with E-state index in [1.54, 1.807) is 6.07 Å². The van der Waals surface area contributed by atoms with Crippen molar-refractivity contribution in [2.75, 3.05) is 7.05 Å². The fraction of sp³-hybridized carbons (Fsp3) is 0.333. The van der Waals surface area contributed by atoms with Crippen molar-refractivity contribution in [1.82, 2.24) is 4.90 Å². The van der Waals surface area contributed by atoms with Gasteiger partial charge in [-0.1, -0.05) is 11.6 Å². The lowest BCUT2D eigenvalue weighted by Gasteiger charge is -2.02. The molecule has 1 aliphatic rings. The molecule has 0 bridgehead atoms. The van der Waals surface area contributed by atoms with E-state index in [1.807, 2.05) is 13.1 Å². The third kappa shape index (κ3) is 1.17. The minimum atomic E-state index is 0.186. The Hall–Kier alpha value is -0.730. The van der Waals surface area contributed by atoms with Crippen LogP contribution in [-0.4, -0.2) is 17.1 Å². The van der Waals surface area contributed by atoms with Crippen LogP contribution in [0.3, 0.4) is 0 Å². The largest absolute Gasteiger partial charge is 0.506 e. The van der Waals surface area contributed by atoms with Crippen LogP contribution >= 0.6 is 11.6 Å². The Kier molecular flexibility index (Phi) is 1.74. The van der Waals surface area contributed by atoms with Gasteiger partial charge in [-0.05, 0) is 30.3 Å². The summed E-state index contributed by atoms with van der Waals surface area (Å²) in [5.41, 5.74) is 2.40. The zero-order valence-corrected chi connectivity index (χ0v) is 7.60. The average Bonchev–Trinajstić information content (AvgIpc) is 2.30. The first kappa shape index (κ1) is 7.90. The highest BCUT2D eigenvalue weighted by Crippen LogP contribution is 2.31. The van der Waals surface area contributed by atoms with Crippen LogP contribution in [0.5, 0.6) is 5.75 Å². The molecule has 0 aliphatic carbocycles. The van der Waals surface area contributed by atoms with Crippen molar-refractivity contribution in [3.63, 3.8) is 0 Å². The van der Waals surface area contributed by atoms with E-state index in [0.717, 1.165) is 13.1 Å². The minimum absolute atomic E-state index is 0.186. The molecular weight excluding hydrogens is 174 g/mol. The van der Waals surface area contributed by atoms with Crippen LogP contribution < -0.4 is 0 Å². The molecule has 0 aromatic heterocycles. The second kappa shape index (κ2) is 2.64. The summed E-state index contributed by atoms with van der Waals surface area (Å²) < 4.78 is 0. The third-order valence-corrected chi connectivity index (χ3v) is 2.45. The number of fused-ring (bicyclic) bond motifs is 1. The van der Waals surface area contributed by atoms with E-state index >= 15 is 0 Å². The van der Waals surface area contributed by atoms with Crippen LogP contribution in [0.2, 0.25) is 5.02 Å². The molecule has 0 saturated carbocycles. The van der Waals surface area contributed by atoms with Crippen molar-refractivity contribution in [3.8, 4) is 5.75 Å². The summed E-state index contributed by atoms with van der Waals surface area (Å²) in [5.74, 6) is 0.186. The maximum absolute atomic E-state index is 9.32. The number of phenols is 1. The molecule has 0 unspecified atom stereocenters. The summed E-state index contributed by atoms with van der Waals surface area (Å²) in [6.07, 6.45) is 0. The molecular formula is C9H10ClNO. The van der Waals surface area contributed by atoms with Gasteiger partial charge >= 0.3 is 0 Å². The van der Waals surface area contributed by atoms with Gasteiger partial charge < -0.3 is 5.11 Å². The summed E-state index contributed by atoms with van der Waals surface area (Å²) in [6.45, 7) is 1.83. The Morgan fingerprint density at radius 2 is 1.92 bits per heavy atom. The average molecular weight is 184 g/mol. The van der Waals surface area contributed by atoms with Crippen molar-refractivity contribution in [3.05, 3.63) is 28.3 Å². The van der Waals surface area contributed by atoms with Crippen LogP contribution in [0.4, 0.5) is 0 Å². The Balaban J connectivity index is 2.48. The second-order valence-electron chi connectivity index (χ2n) is 3.24. The molecule has 3 heteroatoms. The molecule has 0 fully saturated rings. The first-order valence-electron chi connectivity index (χ1n) is 3.85. The number of hydrogen-bond acceptors (Lipinski definition) is 2. The van der Waals surface area contributed by atoms with E-state index in [2.05, 4.69) is 4.90 Å². The Labute approximate surface area is 76.4 Å². The Bertz CT molecular complexity index is 294. The summed E-state index contributed by atoms with van der Waals surface area (Å²) in [6, 6.07) is 3.59. The van der Waals surface area contributed by atoms with Gasteiger partial charge in [-0.2, -0.15) is 0 Å². The van der Waals surface area contributed by atoms with Gasteiger partial charge in [0.15, 0.2) is 0 Å². The lowest BCUT2D eigenvalue weighted by molar-refractivity contribution is 0.353. The molecule has 0 amide bonds. The molecule has 1 heterocycles. The molecule has 0 saturated heterocycles. The van der Waals surface area contributed by atoms with E-state index in [9.17, 15) is 5.11 Å². The summed E-state index contributed by atoms with van der Waals surface area (Å²) in [7, 11) is 2.05. The van der Waals surface area contributed by atoms with Crippen molar-refractivity contribution in [2.24, 2.45) is 0 Å². The van der Waals surface area contributed by atoms with Crippen LogP contribution in [-0.2, 0) is 13.1 Å². The smallest absolute Gasteiger partial charge is 0.134 e. The molecule has 1 aromatic carbocycles. The summed E-state index contributed by atoms with van der Waals surface area (Å²) >= 11 is 5.77. The van der Waals surface area contributed by atoms with Crippen LogP contribution in [0, 0.1) is 0 Å². The van der Waals surface area contributed by atoms with E-state index in [0.29, 0.717) is 5.02 Å². The maximum Gasteiger partial charge on any atom is 0.134 e. The Morgan fingerprint density at radius 1 is 1.33 bits per heavy atom. The van der Waals surface area contributed by atoms with Crippen LogP contribution in [0.25, 0.3) is 0 Å². The van der Waals surface area contributed by atoms with Crippen LogP contribution in [0.15, 0.2) is 12.1 Å². The van der Waals surface area contributed by atoms with Gasteiger partial charge in [0, 0.05) is 13.1 Å². The van der Waals surface area contributed by atoms with E-state index in [-0.39, 0.29) is 5.75 Å². The first-order valence-corrected chi connectivity index (χ1v) is 4.23. The Morgan fingerprint density at radius 3 is 2.58 bits per heavy atom. The van der Waals surface area contributed by atoms with Gasteiger partial charge in [-0.15, -0.1) is 0 Å². The predicted octanol–water partition coefficient (Wildman–Crippen LogP) is 1.99. The zero-order chi connectivity index (χ0) is 8.72. The predicted molar refractivity (Wildman–Crippen MR) is 48.3 cm³/mol. The van der Waals surface area contributed by atoms with Gasteiger partial charge in [0.1, 0.15) is 5.75 Å². The van der Waals surface area contributed by atoms with Gasteiger partial charge in [0.2, 0.25) is 0 Å². The van der Waals surface area contributed by atoms with Crippen molar-refractivity contribution in [2.45, 2.75) is 13.1 Å². The molecule has 0 radical (unpaired) electrons. The molecule has 2 nitrogen and oxygen atoms in total. The van der Waals surface area contributed by atoms with E-state index in [1.165, 1.54) is 11.1 Å². The molecule has 0 spiro atoms. The van der Waals surface area contributed by atoms with E-state index < -0.39 is 0 Å². The normalized spacial score (nSPS) is 16.5. The molecule has 64 valence electrons. The van der Waals surface area contributed by atoms with E-state index in [4.69, 9.17) is 11.6 Å². The number of aromatic hydroxyl groups is 1. The van der Waals surface area contributed by atoms with Crippen molar-refractivity contribution >= 4 is 11.6 Å². The summed E-state index contributed by atoms with van der Waals surface area (Å²) in [4.78, 5) is 2.18. The zero-order valence-electron chi connectivity index (χ0n) is 6.84. The highest BCUT2D eigenvalue weighted by atomic mass is 35.5. The number of hydrogen-bond donors (Lipinski definition) is 1.